The first kappa shape index (κ1) is 12.2. The fourth-order valence-electron chi connectivity index (χ4n) is 1.90. The number of rotatable bonds is 3. The summed E-state index contributed by atoms with van der Waals surface area (Å²) < 4.78 is 4.01. The van der Waals surface area contributed by atoms with Crippen molar-refractivity contribution in [1.29, 1.82) is 0 Å². The van der Waals surface area contributed by atoms with Gasteiger partial charge in [-0.05, 0) is 56.0 Å². The van der Waals surface area contributed by atoms with Crippen molar-refractivity contribution < 1.29 is 0 Å². The van der Waals surface area contributed by atoms with Crippen molar-refractivity contribution in [2.75, 3.05) is 7.05 Å². The normalized spacial score (nSPS) is 12.7. The van der Waals surface area contributed by atoms with Crippen LogP contribution in [0.25, 0.3) is 0 Å². The van der Waals surface area contributed by atoms with Crippen LogP contribution in [0.3, 0.4) is 0 Å². The maximum absolute atomic E-state index is 4.08. The van der Waals surface area contributed by atoms with Crippen LogP contribution in [0.2, 0.25) is 0 Å². The third-order valence-electron chi connectivity index (χ3n) is 3.10. The molecule has 0 aliphatic rings. The number of hydrogen-bond acceptors (Lipinski definition) is 4. The van der Waals surface area contributed by atoms with E-state index in [1.54, 1.807) is 0 Å². The van der Waals surface area contributed by atoms with Crippen LogP contribution in [0, 0.1) is 20.8 Å². The zero-order valence-electron chi connectivity index (χ0n) is 10.6. The van der Waals surface area contributed by atoms with E-state index in [9.17, 15) is 0 Å². The number of aromatic nitrogens is 2. The van der Waals surface area contributed by atoms with Crippen LogP contribution in [-0.4, -0.2) is 16.6 Å². The highest BCUT2D eigenvalue weighted by Gasteiger charge is 2.17. The first-order valence-electron chi connectivity index (χ1n) is 5.66. The van der Waals surface area contributed by atoms with Gasteiger partial charge >= 0.3 is 0 Å². The van der Waals surface area contributed by atoms with E-state index in [4.69, 9.17) is 0 Å². The zero-order chi connectivity index (χ0) is 12.4. The Bertz CT molecular complexity index is 519. The van der Waals surface area contributed by atoms with Crippen molar-refractivity contribution in [1.82, 2.24) is 14.9 Å². The Hall–Kier alpha value is -1.26. The monoisotopic (exact) mass is 247 g/mol. The molecule has 1 aromatic carbocycles. The van der Waals surface area contributed by atoms with Gasteiger partial charge in [-0.25, -0.2) is 0 Å². The molecule has 17 heavy (non-hydrogen) atoms. The Morgan fingerprint density at radius 1 is 1.18 bits per heavy atom. The molecule has 0 saturated carbocycles. The topological polar surface area (TPSA) is 37.8 Å². The van der Waals surface area contributed by atoms with E-state index in [0.29, 0.717) is 0 Å². The van der Waals surface area contributed by atoms with Crippen molar-refractivity contribution in [3.05, 3.63) is 45.5 Å². The van der Waals surface area contributed by atoms with E-state index in [1.807, 2.05) is 14.0 Å². The lowest BCUT2D eigenvalue weighted by atomic mass is 9.99. The minimum absolute atomic E-state index is 0.189. The molecular weight excluding hydrogens is 230 g/mol. The number of aryl methyl sites for hydroxylation is 3. The highest BCUT2D eigenvalue weighted by atomic mass is 32.1. The Morgan fingerprint density at radius 2 is 1.94 bits per heavy atom. The van der Waals surface area contributed by atoms with Gasteiger partial charge in [0.25, 0.3) is 0 Å². The van der Waals surface area contributed by atoms with Gasteiger partial charge in [0.05, 0.1) is 16.6 Å². The van der Waals surface area contributed by atoms with Gasteiger partial charge in [0.1, 0.15) is 0 Å². The molecule has 0 fully saturated rings. The SMILES string of the molecule is CNC(c1ccc(C)c(C)c1)c1snnc1C. The van der Waals surface area contributed by atoms with E-state index in [2.05, 4.69) is 47.0 Å². The molecule has 1 N–H and O–H groups in total. The minimum atomic E-state index is 0.189. The lowest BCUT2D eigenvalue weighted by molar-refractivity contribution is 0.696. The Balaban J connectivity index is 2.42. The molecule has 0 radical (unpaired) electrons. The second kappa shape index (κ2) is 4.94. The number of hydrogen-bond donors (Lipinski definition) is 1. The van der Waals surface area contributed by atoms with Gasteiger partial charge < -0.3 is 5.32 Å². The molecule has 0 bridgehead atoms. The summed E-state index contributed by atoms with van der Waals surface area (Å²) in [6.07, 6.45) is 0. The average Bonchev–Trinajstić information content (AvgIpc) is 2.71. The molecule has 1 atom stereocenters. The molecule has 3 nitrogen and oxygen atoms in total. The van der Waals surface area contributed by atoms with Gasteiger partial charge in [-0.3, -0.25) is 0 Å². The molecule has 0 spiro atoms. The molecule has 1 heterocycles. The fourth-order valence-corrected chi connectivity index (χ4v) is 2.68. The summed E-state index contributed by atoms with van der Waals surface area (Å²) in [5, 5.41) is 7.42. The van der Waals surface area contributed by atoms with Crippen LogP contribution in [0.4, 0.5) is 0 Å². The summed E-state index contributed by atoms with van der Waals surface area (Å²) in [7, 11) is 1.97. The second-order valence-corrected chi connectivity index (χ2v) is 5.07. The van der Waals surface area contributed by atoms with Crippen LogP contribution in [0.15, 0.2) is 18.2 Å². The summed E-state index contributed by atoms with van der Waals surface area (Å²) >= 11 is 1.46. The summed E-state index contributed by atoms with van der Waals surface area (Å²) in [4.78, 5) is 1.19. The van der Waals surface area contributed by atoms with Crippen molar-refractivity contribution in [2.45, 2.75) is 26.8 Å². The van der Waals surface area contributed by atoms with Crippen molar-refractivity contribution >= 4 is 11.5 Å². The standard InChI is InChI=1S/C13H17N3S/c1-8-5-6-11(7-9(8)2)12(14-4)13-10(3)15-16-17-13/h5-7,12,14H,1-4H3. The first-order chi connectivity index (χ1) is 8.13. The molecule has 0 aliphatic carbocycles. The summed E-state index contributed by atoms with van der Waals surface area (Å²) in [6, 6.07) is 6.76. The summed E-state index contributed by atoms with van der Waals surface area (Å²) in [5.74, 6) is 0. The molecule has 4 heteroatoms. The molecule has 90 valence electrons. The van der Waals surface area contributed by atoms with Crippen LogP contribution in [0.1, 0.15) is 33.3 Å². The fraction of sp³-hybridized carbons (Fsp3) is 0.385. The van der Waals surface area contributed by atoms with E-state index in [1.165, 1.54) is 33.1 Å². The molecule has 0 aliphatic heterocycles. The number of nitrogens with zero attached hydrogens (tertiary/aromatic N) is 2. The average molecular weight is 247 g/mol. The van der Waals surface area contributed by atoms with E-state index >= 15 is 0 Å². The Kier molecular flexibility index (Phi) is 3.54. The highest BCUT2D eigenvalue weighted by Crippen LogP contribution is 2.27. The summed E-state index contributed by atoms with van der Waals surface area (Å²) in [6.45, 7) is 6.28. The van der Waals surface area contributed by atoms with Crippen LogP contribution in [0.5, 0.6) is 0 Å². The minimum Gasteiger partial charge on any atom is -0.309 e. The lowest BCUT2D eigenvalue weighted by Gasteiger charge is -2.16. The van der Waals surface area contributed by atoms with Gasteiger partial charge in [0, 0.05) is 0 Å². The molecule has 1 unspecified atom stereocenters. The van der Waals surface area contributed by atoms with Crippen molar-refractivity contribution in [3.8, 4) is 0 Å². The zero-order valence-corrected chi connectivity index (χ0v) is 11.4. The molecular formula is C13H17N3S. The summed E-state index contributed by atoms with van der Waals surface area (Å²) in [5.41, 5.74) is 4.91. The van der Waals surface area contributed by atoms with E-state index in [0.717, 1.165) is 5.69 Å². The van der Waals surface area contributed by atoms with E-state index < -0.39 is 0 Å². The molecule has 1 aromatic heterocycles. The molecule has 2 aromatic rings. The molecule has 0 amide bonds. The highest BCUT2D eigenvalue weighted by molar-refractivity contribution is 7.05. The van der Waals surface area contributed by atoms with Crippen LogP contribution in [-0.2, 0) is 0 Å². The second-order valence-electron chi connectivity index (χ2n) is 4.29. The Morgan fingerprint density at radius 3 is 2.47 bits per heavy atom. The van der Waals surface area contributed by atoms with Crippen LogP contribution >= 0.6 is 11.5 Å². The van der Waals surface area contributed by atoms with Crippen molar-refractivity contribution in [3.63, 3.8) is 0 Å². The molecule has 2 rings (SSSR count). The third-order valence-corrected chi connectivity index (χ3v) is 3.99. The Labute approximate surface area is 106 Å². The predicted molar refractivity (Wildman–Crippen MR) is 71.5 cm³/mol. The predicted octanol–water partition coefficient (Wildman–Crippen LogP) is 2.77. The van der Waals surface area contributed by atoms with Crippen molar-refractivity contribution in [2.24, 2.45) is 0 Å². The van der Waals surface area contributed by atoms with Gasteiger partial charge in [0.2, 0.25) is 0 Å². The number of benzene rings is 1. The van der Waals surface area contributed by atoms with Gasteiger partial charge in [-0.1, -0.05) is 22.7 Å². The lowest BCUT2D eigenvalue weighted by Crippen LogP contribution is -2.17. The first-order valence-corrected chi connectivity index (χ1v) is 6.44. The number of nitrogens with one attached hydrogen (secondary N) is 1. The van der Waals surface area contributed by atoms with Gasteiger partial charge in [-0.2, -0.15) is 0 Å². The van der Waals surface area contributed by atoms with E-state index in [-0.39, 0.29) is 6.04 Å². The van der Waals surface area contributed by atoms with Gasteiger partial charge in [0.15, 0.2) is 0 Å². The third kappa shape index (κ3) is 2.37. The smallest absolute Gasteiger partial charge is 0.0776 e. The largest absolute Gasteiger partial charge is 0.309 e. The molecule has 0 saturated heterocycles. The van der Waals surface area contributed by atoms with Crippen LogP contribution < -0.4 is 5.32 Å². The van der Waals surface area contributed by atoms with Gasteiger partial charge in [-0.15, -0.1) is 5.10 Å². The maximum atomic E-state index is 4.08. The maximum Gasteiger partial charge on any atom is 0.0776 e. The quantitative estimate of drug-likeness (QED) is 0.906.